The molecule has 4 rings (SSSR count). The molecule has 0 aliphatic heterocycles. The van der Waals surface area contributed by atoms with Gasteiger partial charge in [0.05, 0.1) is 23.1 Å². The average Bonchev–Trinajstić information content (AvgIpc) is 3.20. The van der Waals surface area contributed by atoms with Gasteiger partial charge in [-0.05, 0) is 37.3 Å². The van der Waals surface area contributed by atoms with Gasteiger partial charge in [0.2, 0.25) is 11.9 Å². The average molecular weight is 447 g/mol. The molecule has 0 aromatic carbocycles. The van der Waals surface area contributed by atoms with Crippen LogP contribution in [0.1, 0.15) is 47.3 Å². The summed E-state index contributed by atoms with van der Waals surface area (Å²) < 4.78 is 46.5. The molecule has 0 atom stereocenters. The van der Waals surface area contributed by atoms with Crippen LogP contribution >= 0.6 is 0 Å². The van der Waals surface area contributed by atoms with Crippen LogP contribution in [0.15, 0.2) is 24.7 Å². The van der Waals surface area contributed by atoms with E-state index in [0.29, 0.717) is 55.0 Å². The molecule has 1 aliphatic carbocycles. The van der Waals surface area contributed by atoms with Crippen molar-refractivity contribution in [2.24, 2.45) is 5.92 Å². The van der Waals surface area contributed by atoms with Crippen LogP contribution in [0.25, 0.3) is 11.0 Å². The van der Waals surface area contributed by atoms with Gasteiger partial charge in [-0.15, -0.1) is 0 Å². The molecule has 3 aromatic heterocycles. The topological polar surface area (TPSA) is 92.8 Å². The van der Waals surface area contributed by atoms with E-state index in [9.17, 15) is 18.0 Å². The number of aromatic amines is 1. The van der Waals surface area contributed by atoms with Crippen molar-refractivity contribution in [3.8, 4) is 0 Å². The summed E-state index contributed by atoms with van der Waals surface area (Å²) in [6.45, 7) is 0.914. The summed E-state index contributed by atoms with van der Waals surface area (Å²) in [4.78, 5) is 28.3. The molecule has 170 valence electrons. The number of fused-ring (bicyclic) bond motifs is 1. The van der Waals surface area contributed by atoms with Gasteiger partial charge >= 0.3 is 0 Å². The van der Waals surface area contributed by atoms with E-state index < -0.39 is 17.7 Å². The molecule has 1 saturated carbocycles. The largest absolute Gasteiger partial charge is 0.383 e. The molecule has 0 radical (unpaired) electrons. The molecule has 1 fully saturated rings. The zero-order valence-electron chi connectivity index (χ0n) is 17.6. The second-order valence-electron chi connectivity index (χ2n) is 8.04. The van der Waals surface area contributed by atoms with Crippen molar-refractivity contribution in [3.63, 3.8) is 0 Å². The fourth-order valence-electron chi connectivity index (χ4n) is 4.05. The van der Waals surface area contributed by atoms with E-state index in [4.69, 9.17) is 4.74 Å². The van der Waals surface area contributed by atoms with Crippen molar-refractivity contribution in [3.05, 3.63) is 47.4 Å². The number of carbonyl (C=O) groups is 1. The summed E-state index contributed by atoms with van der Waals surface area (Å²) >= 11 is 0. The second-order valence-corrected chi connectivity index (χ2v) is 8.04. The molecular formula is C22H24F3N5O2. The number of nitrogens with one attached hydrogen (secondary N) is 2. The molecule has 32 heavy (non-hydrogen) atoms. The molecule has 3 aromatic rings. The normalized spacial score (nSPS) is 16.4. The molecule has 0 bridgehead atoms. The Labute approximate surface area is 182 Å². The number of carbonyl (C=O) groups excluding carboxylic acids is 1. The van der Waals surface area contributed by atoms with Gasteiger partial charge < -0.3 is 15.0 Å². The van der Waals surface area contributed by atoms with E-state index in [1.54, 1.807) is 13.2 Å². The van der Waals surface area contributed by atoms with Gasteiger partial charge in [-0.25, -0.2) is 23.7 Å². The molecule has 0 amide bonds. The van der Waals surface area contributed by atoms with Gasteiger partial charge in [-0.1, -0.05) is 0 Å². The fraction of sp³-hybridized carbons (Fsp3) is 0.455. The Balaban J connectivity index is 1.54. The minimum absolute atomic E-state index is 0.0366. The van der Waals surface area contributed by atoms with Crippen molar-refractivity contribution >= 4 is 22.6 Å². The quantitative estimate of drug-likeness (QED) is 0.306. The number of ether oxygens (including phenoxy) is 1. The van der Waals surface area contributed by atoms with Gasteiger partial charge in [0, 0.05) is 38.4 Å². The van der Waals surface area contributed by atoms with E-state index in [-0.39, 0.29) is 29.9 Å². The van der Waals surface area contributed by atoms with Crippen LogP contribution in [0.2, 0.25) is 0 Å². The van der Waals surface area contributed by atoms with Crippen molar-refractivity contribution in [2.75, 3.05) is 25.6 Å². The number of ketones is 1. The number of aromatic nitrogens is 4. The monoisotopic (exact) mass is 447 g/mol. The van der Waals surface area contributed by atoms with Crippen LogP contribution in [0.5, 0.6) is 0 Å². The zero-order valence-corrected chi connectivity index (χ0v) is 17.6. The van der Waals surface area contributed by atoms with Gasteiger partial charge in [-0.3, -0.25) is 4.79 Å². The predicted molar refractivity (Wildman–Crippen MR) is 112 cm³/mol. The number of anilines is 1. The highest BCUT2D eigenvalue weighted by molar-refractivity contribution is 6.17. The highest BCUT2D eigenvalue weighted by atomic mass is 19.3. The lowest BCUT2D eigenvalue weighted by molar-refractivity contribution is -0.0457. The lowest BCUT2D eigenvalue weighted by Crippen LogP contribution is -2.25. The van der Waals surface area contributed by atoms with Crippen LogP contribution in [-0.2, 0) is 11.2 Å². The third-order valence-electron chi connectivity index (χ3n) is 5.80. The first-order valence-corrected chi connectivity index (χ1v) is 10.5. The van der Waals surface area contributed by atoms with E-state index in [0.717, 1.165) is 0 Å². The Kier molecular flexibility index (Phi) is 6.40. The summed E-state index contributed by atoms with van der Waals surface area (Å²) in [6.07, 6.45) is 3.70. The Morgan fingerprint density at radius 1 is 1.25 bits per heavy atom. The minimum atomic E-state index is -2.61. The van der Waals surface area contributed by atoms with Crippen LogP contribution in [0, 0.1) is 11.9 Å². The number of rotatable bonds is 8. The second kappa shape index (κ2) is 9.23. The standard InChI is InChI=1S/C22H24F3N5O2/c1-32-9-8-26-20-17-16(11-27-21(17)29-12-28-20)18(31)15-3-2-14(30-19(15)23)10-13-4-6-22(24,25)7-5-13/h2-3,11-13H,4-10H2,1H3,(H2,26,27,28,29). The summed E-state index contributed by atoms with van der Waals surface area (Å²) in [6, 6.07) is 2.99. The van der Waals surface area contributed by atoms with Crippen LogP contribution in [-0.4, -0.2) is 51.9 Å². The van der Waals surface area contributed by atoms with Crippen molar-refractivity contribution in [2.45, 2.75) is 38.0 Å². The molecule has 0 unspecified atom stereocenters. The molecule has 3 heterocycles. The molecule has 0 spiro atoms. The number of pyridine rings is 1. The summed E-state index contributed by atoms with van der Waals surface area (Å²) in [5.41, 5.74) is 0.959. The Morgan fingerprint density at radius 2 is 2.03 bits per heavy atom. The van der Waals surface area contributed by atoms with E-state index in [2.05, 4.69) is 25.3 Å². The number of alkyl halides is 2. The molecular weight excluding hydrogens is 423 g/mol. The number of hydrogen-bond donors (Lipinski definition) is 2. The number of halogens is 3. The van der Waals surface area contributed by atoms with Crippen LogP contribution in [0.3, 0.4) is 0 Å². The maximum atomic E-state index is 14.8. The molecule has 10 heteroatoms. The van der Waals surface area contributed by atoms with Gasteiger partial charge in [0.15, 0.2) is 5.78 Å². The number of methoxy groups -OCH3 is 1. The summed E-state index contributed by atoms with van der Waals surface area (Å²) in [5.74, 6) is -3.56. The Morgan fingerprint density at radius 3 is 2.75 bits per heavy atom. The number of nitrogens with zero attached hydrogens (tertiary/aromatic N) is 3. The maximum Gasteiger partial charge on any atom is 0.248 e. The Hall–Kier alpha value is -3.01. The predicted octanol–water partition coefficient (Wildman–Crippen LogP) is 4.15. The number of hydrogen-bond acceptors (Lipinski definition) is 6. The van der Waals surface area contributed by atoms with Crippen molar-refractivity contribution in [1.82, 2.24) is 19.9 Å². The molecule has 1 aliphatic rings. The fourth-order valence-corrected chi connectivity index (χ4v) is 4.05. The number of H-pyrrole nitrogens is 1. The van der Waals surface area contributed by atoms with Gasteiger partial charge in [0.25, 0.3) is 0 Å². The summed E-state index contributed by atoms with van der Waals surface area (Å²) in [5, 5.41) is 3.54. The summed E-state index contributed by atoms with van der Waals surface area (Å²) in [7, 11) is 1.57. The lowest BCUT2D eigenvalue weighted by Gasteiger charge is -2.28. The van der Waals surface area contributed by atoms with E-state index in [1.807, 2.05) is 0 Å². The molecule has 0 saturated heterocycles. The van der Waals surface area contributed by atoms with Gasteiger partial charge in [-0.2, -0.15) is 4.39 Å². The van der Waals surface area contributed by atoms with E-state index in [1.165, 1.54) is 18.6 Å². The third-order valence-corrected chi connectivity index (χ3v) is 5.80. The Bertz CT molecular complexity index is 1110. The first-order valence-electron chi connectivity index (χ1n) is 10.5. The zero-order chi connectivity index (χ0) is 22.7. The highest BCUT2D eigenvalue weighted by Crippen LogP contribution is 2.37. The minimum Gasteiger partial charge on any atom is -0.383 e. The first kappa shape index (κ1) is 22.2. The van der Waals surface area contributed by atoms with E-state index >= 15 is 0 Å². The third kappa shape index (κ3) is 4.74. The smallest absolute Gasteiger partial charge is 0.248 e. The highest BCUT2D eigenvalue weighted by Gasteiger charge is 2.35. The molecule has 7 nitrogen and oxygen atoms in total. The lowest BCUT2D eigenvalue weighted by atomic mass is 9.84. The van der Waals surface area contributed by atoms with Crippen LogP contribution < -0.4 is 5.32 Å². The first-order chi connectivity index (χ1) is 15.4. The van der Waals surface area contributed by atoms with Crippen molar-refractivity contribution < 1.29 is 22.7 Å². The van der Waals surface area contributed by atoms with Crippen LogP contribution in [0.4, 0.5) is 19.0 Å². The SMILES string of the molecule is COCCNc1ncnc2[nH]cc(C(=O)c3ccc(CC4CCC(F)(F)CC4)nc3F)c12. The maximum absolute atomic E-state index is 14.8. The molecule has 2 N–H and O–H groups in total. The van der Waals surface area contributed by atoms with Crippen molar-refractivity contribution in [1.29, 1.82) is 0 Å². The van der Waals surface area contributed by atoms with Gasteiger partial charge in [0.1, 0.15) is 17.8 Å².